The van der Waals surface area contributed by atoms with E-state index < -0.39 is 0 Å². The Bertz CT molecular complexity index is 231. The minimum atomic E-state index is -0.280. The Labute approximate surface area is 50.3 Å². The molecule has 1 aromatic heterocycles. The lowest BCUT2D eigenvalue weighted by Crippen LogP contribution is -2.03. The van der Waals surface area contributed by atoms with Gasteiger partial charge < -0.3 is 4.98 Å². The van der Waals surface area contributed by atoms with Crippen LogP contribution in [-0.4, -0.2) is 9.97 Å². The minimum Gasteiger partial charge on any atom is -0.310 e. The first-order valence-corrected chi connectivity index (χ1v) is 2.36. The van der Waals surface area contributed by atoms with Gasteiger partial charge >= 0.3 is 0 Å². The van der Waals surface area contributed by atoms with Crippen molar-refractivity contribution in [2.24, 2.45) is 0 Å². The fraction of sp³-hybridized carbons (Fsp3) is 0. The van der Waals surface area contributed by atoms with Crippen LogP contribution in [0.2, 0.25) is 5.15 Å². The summed E-state index contributed by atoms with van der Waals surface area (Å²) in [5.74, 6) is 0. The molecule has 0 unspecified atom stereocenters. The maximum atomic E-state index is 10.3. The van der Waals surface area contributed by atoms with Crippen molar-refractivity contribution in [3.05, 3.63) is 27.9 Å². The van der Waals surface area contributed by atoms with E-state index in [1.807, 2.05) is 0 Å². The van der Waals surface area contributed by atoms with E-state index in [0.29, 0.717) is 0 Å². The molecule has 8 heavy (non-hydrogen) atoms. The SMILES string of the molecule is O=c1cncc(Cl)[nH]1. The number of hydrogen-bond donors (Lipinski definition) is 1. The average Bonchev–Trinajstić information content (AvgIpc) is 1.64. The Hall–Kier alpha value is -0.830. The highest BCUT2D eigenvalue weighted by molar-refractivity contribution is 6.29. The third-order valence-corrected chi connectivity index (χ3v) is 0.814. The van der Waals surface area contributed by atoms with Gasteiger partial charge in [0, 0.05) is 0 Å². The van der Waals surface area contributed by atoms with E-state index in [-0.39, 0.29) is 10.7 Å². The Morgan fingerprint density at radius 2 is 2.38 bits per heavy atom. The first kappa shape index (κ1) is 5.31. The van der Waals surface area contributed by atoms with Crippen LogP contribution in [0.15, 0.2) is 17.2 Å². The van der Waals surface area contributed by atoms with Gasteiger partial charge in [0.15, 0.2) is 0 Å². The number of hydrogen-bond acceptors (Lipinski definition) is 2. The molecular formula is C4H3ClN2O. The summed E-state index contributed by atoms with van der Waals surface area (Å²) in [6, 6.07) is 0. The zero-order valence-corrected chi connectivity index (χ0v) is 4.64. The lowest BCUT2D eigenvalue weighted by Gasteiger charge is -1.81. The molecule has 1 aromatic rings. The van der Waals surface area contributed by atoms with E-state index in [2.05, 4.69) is 9.97 Å². The van der Waals surface area contributed by atoms with E-state index in [1.54, 1.807) is 0 Å². The summed E-state index contributed by atoms with van der Waals surface area (Å²) in [4.78, 5) is 16.1. The van der Waals surface area contributed by atoms with Gasteiger partial charge in [0.05, 0.1) is 12.4 Å². The molecule has 42 valence electrons. The van der Waals surface area contributed by atoms with Crippen LogP contribution in [-0.2, 0) is 0 Å². The van der Waals surface area contributed by atoms with Gasteiger partial charge in [-0.15, -0.1) is 0 Å². The standard InChI is InChI=1S/C4H3ClN2O/c5-3-1-6-2-4(8)7-3/h1-2H,(H,7,8). The summed E-state index contributed by atoms with van der Waals surface area (Å²) in [5.41, 5.74) is -0.280. The highest BCUT2D eigenvalue weighted by Crippen LogP contribution is 1.92. The van der Waals surface area contributed by atoms with Crippen molar-refractivity contribution >= 4 is 11.6 Å². The molecule has 0 aliphatic carbocycles. The molecule has 1 rings (SSSR count). The Balaban J connectivity index is 3.28. The van der Waals surface area contributed by atoms with Gasteiger partial charge in [0.1, 0.15) is 5.15 Å². The summed E-state index contributed by atoms with van der Waals surface area (Å²) in [6.45, 7) is 0. The summed E-state index contributed by atoms with van der Waals surface area (Å²) < 4.78 is 0. The number of aromatic amines is 1. The van der Waals surface area contributed by atoms with Crippen LogP contribution in [0.5, 0.6) is 0 Å². The van der Waals surface area contributed by atoms with Crippen LogP contribution in [0.1, 0.15) is 0 Å². The van der Waals surface area contributed by atoms with Crippen LogP contribution < -0.4 is 5.56 Å². The van der Waals surface area contributed by atoms with Gasteiger partial charge in [0.25, 0.3) is 5.56 Å². The second kappa shape index (κ2) is 1.96. The molecule has 3 nitrogen and oxygen atoms in total. The lowest BCUT2D eigenvalue weighted by molar-refractivity contribution is 1.14. The molecule has 1 heterocycles. The van der Waals surface area contributed by atoms with E-state index in [1.165, 1.54) is 6.20 Å². The zero-order valence-electron chi connectivity index (χ0n) is 3.89. The lowest BCUT2D eigenvalue weighted by atomic mass is 10.8. The summed E-state index contributed by atoms with van der Waals surface area (Å²) in [5, 5.41) is 0.262. The molecule has 0 aliphatic rings. The van der Waals surface area contributed by atoms with Crippen molar-refractivity contribution in [1.29, 1.82) is 0 Å². The van der Waals surface area contributed by atoms with Crippen LogP contribution in [0.4, 0.5) is 0 Å². The molecule has 0 saturated carbocycles. The largest absolute Gasteiger partial charge is 0.310 e. The fourth-order valence-electron chi connectivity index (χ4n) is 0.353. The van der Waals surface area contributed by atoms with Gasteiger partial charge in [-0.1, -0.05) is 11.6 Å². The Morgan fingerprint density at radius 3 is 2.75 bits per heavy atom. The summed E-state index contributed by atoms with van der Waals surface area (Å²) >= 11 is 5.33. The zero-order chi connectivity index (χ0) is 5.98. The molecule has 0 spiro atoms. The highest BCUT2D eigenvalue weighted by Gasteiger charge is 1.82. The molecule has 0 saturated heterocycles. The van der Waals surface area contributed by atoms with Gasteiger partial charge in [-0.2, -0.15) is 0 Å². The molecule has 0 aromatic carbocycles. The number of halogens is 1. The predicted octanol–water partition coefficient (Wildman–Crippen LogP) is 0.423. The number of nitrogens with zero attached hydrogens (tertiary/aromatic N) is 1. The van der Waals surface area contributed by atoms with E-state index in [9.17, 15) is 4.79 Å². The maximum Gasteiger partial charge on any atom is 0.267 e. The molecular weight excluding hydrogens is 128 g/mol. The number of aromatic nitrogens is 2. The summed E-state index contributed by atoms with van der Waals surface area (Å²) in [7, 11) is 0. The second-order valence-electron chi connectivity index (χ2n) is 1.24. The molecule has 0 atom stereocenters. The highest BCUT2D eigenvalue weighted by atomic mass is 35.5. The first-order chi connectivity index (χ1) is 3.79. The topological polar surface area (TPSA) is 45.8 Å². The monoisotopic (exact) mass is 130 g/mol. The van der Waals surface area contributed by atoms with Crippen LogP contribution >= 0.6 is 11.6 Å². The summed E-state index contributed by atoms with van der Waals surface area (Å²) in [6.07, 6.45) is 2.52. The first-order valence-electron chi connectivity index (χ1n) is 1.99. The normalized spacial score (nSPS) is 9.12. The van der Waals surface area contributed by atoms with Crippen molar-refractivity contribution in [1.82, 2.24) is 9.97 Å². The van der Waals surface area contributed by atoms with Gasteiger partial charge in [0.2, 0.25) is 0 Å². The second-order valence-corrected chi connectivity index (χ2v) is 1.65. The van der Waals surface area contributed by atoms with Gasteiger partial charge in [-0.05, 0) is 0 Å². The van der Waals surface area contributed by atoms with Gasteiger partial charge in [-0.25, -0.2) is 0 Å². The number of nitrogens with one attached hydrogen (secondary N) is 1. The Kier molecular flexibility index (Phi) is 1.30. The van der Waals surface area contributed by atoms with Crippen molar-refractivity contribution in [3.8, 4) is 0 Å². The van der Waals surface area contributed by atoms with Gasteiger partial charge in [-0.3, -0.25) is 9.78 Å². The van der Waals surface area contributed by atoms with E-state index in [0.717, 1.165) is 6.20 Å². The van der Waals surface area contributed by atoms with Crippen molar-refractivity contribution in [2.75, 3.05) is 0 Å². The molecule has 0 aliphatic heterocycles. The molecule has 0 radical (unpaired) electrons. The van der Waals surface area contributed by atoms with Crippen molar-refractivity contribution in [3.63, 3.8) is 0 Å². The molecule has 1 N–H and O–H groups in total. The predicted molar refractivity (Wildman–Crippen MR) is 29.9 cm³/mol. The average molecular weight is 131 g/mol. The van der Waals surface area contributed by atoms with Crippen LogP contribution in [0, 0.1) is 0 Å². The van der Waals surface area contributed by atoms with Crippen LogP contribution in [0.3, 0.4) is 0 Å². The Morgan fingerprint density at radius 1 is 1.62 bits per heavy atom. The smallest absolute Gasteiger partial charge is 0.267 e. The molecule has 0 amide bonds. The van der Waals surface area contributed by atoms with E-state index >= 15 is 0 Å². The third-order valence-electron chi connectivity index (χ3n) is 0.622. The molecule has 0 fully saturated rings. The quantitative estimate of drug-likeness (QED) is 0.553. The molecule has 0 bridgehead atoms. The van der Waals surface area contributed by atoms with E-state index in [4.69, 9.17) is 11.6 Å². The van der Waals surface area contributed by atoms with Crippen LogP contribution in [0.25, 0.3) is 0 Å². The number of rotatable bonds is 0. The third kappa shape index (κ3) is 1.07. The van der Waals surface area contributed by atoms with Crippen molar-refractivity contribution < 1.29 is 0 Å². The minimum absolute atomic E-state index is 0.262. The molecule has 4 heteroatoms. The fourth-order valence-corrected chi connectivity index (χ4v) is 0.502. The maximum absolute atomic E-state index is 10.3. The van der Waals surface area contributed by atoms with Crippen molar-refractivity contribution in [2.45, 2.75) is 0 Å². The number of H-pyrrole nitrogens is 1.